The SMILES string of the molecule is COC(=O)C(C)n1c(=S)[nH]c2c(OC)ncnc21. The number of methoxy groups -OCH3 is 2. The zero-order chi connectivity index (χ0) is 13.3. The highest BCUT2D eigenvalue weighted by molar-refractivity contribution is 7.71. The van der Waals surface area contributed by atoms with Gasteiger partial charge in [0.15, 0.2) is 10.4 Å². The average molecular weight is 268 g/mol. The lowest BCUT2D eigenvalue weighted by atomic mass is 10.3. The lowest BCUT2D eigenvalue weighted by Crippen LogP contribution is -2.18. The molecule has 0 bridgehead atoms. The van der Waals surface area contributed by atoms with Gasteiger partial charge in [-0.25, -0.2) is 9.78 Å². The Morgan fingerprint density at radius 1 is 1.50 bits per heavy atom. The Morgan fingerprint density at radius 2 is 2.22 bits per heavy atom. The Balaban J connectivity index is 2.69. The van der Waals surface area contributed by atoms with E-state index >= 15 is 0 Å². The molecule has 0 aliphatic rings. The van der Waals surface area contributed by atoms with Crippen LogP contribution in [0, 0.1) is 4.77 Å². The minimum absolute atomic E-state index is 0.363. The van der Waals surface area contributed by atoms with Crippen LogP contribution >= 0.6 is 12.2 Å². The maximum Gasteiger partial charge on any atom is 0.328 e. The van der Waals surface area contributed by atoms with Crippen LogP contribution in [0.4, 0.5) is 0 Å². The molecule has 2 aromatic heterocycles. The fourth-order valence-corrected chi connectivity index (χ4v) is 2.05. The van der Waals surface area contributed by atoms with Gasteiger partial charge in [0.05, 0.1) is 14.2 Å². The number of H-pyrrole nitrogens is 1. The molecule has 0 aliphatic carbocycles. The van der Waals surface area contributed by atoms with E-state index in [1.54, 1.807) is 11.5 Å². The molecule has 0 aromatic carbocycles. The predicted octanol–water partition coefficient (Wildman–Crippen LogP) is 1.23. The molecule has 2 heterocycles. The van der Waals surface area contributed by atoms with E-state index in [2.05, 4.69) is 15.0 Å². The molecular formula is C10H12N4O3S. The van der Waals surface area contributed by atoms with E-state index in [-0.39, 0.29) is 0 Å². The van der Waals surface area contributed by atoms with Gasteiger partial charge >= 0.3 is 5.97 Å². The summed E-state index contributed by atoms with van der Waals surface area (Å²) in [6.07, 6.45) is 1.35. The van der Waals surface area contributed by atoms with Gasteiger partial charge in [0.25, 0.3) is 0 Å². The molecule has 2 rings (SSSR count). The van der Waals surface area contributed by atoms with Crippen LogP contribution in [0.1, 0.15) is 13.0 Å². The first-order chi connectivity index (χ1) is 8.60. The molecule has 1 atom stereocenters. The zero-order valence-corrected chi connectivity index (χ0v) is 10.9. The van der Waals surface area contributed by atoms with Crippen molar-refractivity contribution in [3.63, 3.8) is 0 Å². The number of ether oxygens (including phenoxy) is 2. The van der Waals surface area contributed by atoms with Crippen molar-refractivity contribution >= 4 is 29.4 Å². The van der Waals surface area contributed by atoms with Crippen LogP contribution in [0.3, 0.4) is 0 Å². The lowest BCUT2D eigenvalue weighted by molar-refractivity contribution is -0.143. The number of hydrogen-bond acceptors (Lipinski definition) is 6. The van der Waals surface area contributed by atoms with Gasteiger partial charge in [-0.2, -0.15) is 4.98 Å². The molecule has 2 aromatic rings. The Labute approximate surface area is 108 Å². The van der Waals surface area contributed by atoms with E-state index in [1.165, 1.54) is 20.5 Å². The fraction of sp³-hybridized carbons (Fsp3) is 0.400. The molecule has 0 amide bonds. The monoisotopic (exact) mass is 268 g/mol. The van der Waals surface area contributed by atoms with Crippen LogP contribution < -0.4 is 4.74 Å². The molecule has 7 nitrogen and oxygen atoms in total. The van der Waals surface area contributed by atoms with Crippen molar-refractivity contribution < 1.29 is 14.3 Å². The topological polar surface area (TPSA) is 82.0 Å². The number of rotatable bonds is 3. The van der Waals surface area contributed by atoms with E-state index in [4.69, 9.17) is 21.7 Å². The van der Waals surface area contributed by atoms with Crippen LogP contribution in [-0.2, 0) is 9.53 Å². The standard InChI is InChI=1S/C10H12N4O3S/c1-5(9(15)17-3)14-7-6(13-10(14)18)8(16-2)12-4-11-7/h4-5H,1-3H3,(H,13,18). The normalized spacial score (nSPS) is 12.4. The summed E-state index contributed by atoms with van der Waals surface area (Å²) in [6.45, 7) is 1.68. The van der Waals surface area contributed by atoms with Crippen molar-refractivity contribution in [1.82, 2.24) is 19.5 Å². The van der Waals surface area contributed by atoms with Crippen molar-refractivity contribution in [1.29, 1.82) is 0 Å². The van der Waals surface area contributed by atoms with Crippen LogP contribution in [-0.4, -0.2) is 39.7 Å². The highest BCUT2D eigenvalue weighted by atomic mass is 32.1. The summed E-state index contributed by atoms with van der Waals surface area (Å²) < 4.78 is 11.7. The van der Waals surface area contributed by atoms with Gasteiger partial charge in [-0.05, 0) is 19.1 Å². The molecular weight excluding hydrogens is 256 g/mol. The number of carbonyl (C=O) groups is 1. The van der Waals surface area contributed by atoms with Gasteiger partial charge in [-0.15, -0.1) is 0 Å². The van der Waals surface area contributed by atoms with E-state index in [9.17, 15) is 4.79 Å². The first-order valence-electron chi connectivity index (χ1n) is 5.17. The van der Waals surface area contributed by atoms with Gasteiger partial charge in [0.2, 0.25) is 5.88 Å². The van der Waals surface area contributed by atoms with Gasteiger partial charge in [-0.1, -0.05) is 0 Å². The van der Waals surface area contributed by atoms with E-state index in [0.29, 0.717) is 21.8 Å². The van der Waals surface area contributed by atoms with Crippen LogP contribution in [0.5, 0.6) is 5.88 Å². The van der Waals surface area contributed by atoms with Crippen LogP contribution in [0.25, 0.3) is 11.2 Å². The summed E-state index contributed by atoms with van der Waals surface area (Å²) in [5.41, 5.74) is 1.06. The molecule has 18 heavy (non-hydrogen) atoms. The van der Waals surface area contributed by atoms with Crippen molar-refractivity contribution in [3.05, 3.63) is 11.1 Å². The van der Waals surface area contributed by atoms with E-state index < -0.39 is 12.0 Å². The first kappa shape index (κ1) is 12.5. The molecule has 8 heteroatoms. The van der Waals surface area contributed by atoms with Crippen molar-refractivity contribution in [2.45, 2.75) is 13.0 Å². The van der Waals surface area contributed by atoms with Gasteiger partial charge < -0.3 is 14.5 Å². The highest BCUT2D eigenvalue weighted by Gasteiger charge is 2.21. The third kappa shape index (κ3) is 1.84. The average Bonchev–Trinajstić information content (AvgIpc) is 2.72. The Morgan fingerprint density at radius 3 is 2.83 bits per heavy atom. The largest absolute Gasteiger partial charge is 0.479 e. The zero-order valence-electron chi connectivity index (χ0n) is 10.1. The number of carbonyl (C=O) groups excluding carboxylic acids is 1. The summed E-state index contributed by atoms with van der Waals surface area (Å²) in [4.78, 5) is 22.6. The second-order valence-corrected chi connectivity index (χ2v) is 3.97. The molecule has 96 valence electrons. The van der Waals surface area contributed by atoms with Crippen LogP contribution in [0.2, 0.25) is 0 Å². The van der Waals surface area contributed by atoms with Crippen molar-refractivity contribution in [2.24, 2.45) is 0 Å². The van der Waals surface area contributed by atoms with Crippen molar-refractivity contribution in [3.8, 4) is 5.88 Å². The molecule has 0 radical (unpaired) electrons. The molecule has 0 saturated carbocycles. The second-order valence-electron chi connectivity index (χ2n) is 3.58. The van der Waals surface area contributed by atoms with Crippen LogP contribution in [0.15, 0.2) is 6.33 Å². The summed E-state index contributed by atoms with van der Waals surface area (Å²) in [5, 5.41) is 0. The maximum absolute atomic E-state index is 11.6. The summed E-state index contributed by atoms with van der Waals surface area (Å²) in [5.74, 6) is -0.0218. The van der Waals surface area contributed by atoms with E-state index in [0.717, 1.165) is 0 Å². The minimum atomic E-state index is -0.573. The number of nitrogens with one attached hydrogen (secondary N) is 1. The number of imidazole rings is 1. The number of hydrogen-bond donors (Lipinski definition) is 1. The Kier molecular flexibility index (Phi) is 3.28. The number of nitrogens with zero attached hydrogens (tertiary/aromatic N) is 3. The lowest BCUT2D eigenvalue weighted by Gasteiger charge is -2.11. The van der Waals surface area contributed by atoms with Gasteiger partial charge in [-0.3, -0.25) is 4.57 Å². The van der Waals surface area contributed by atoms with Gasteiger partial charge in [0, 0.05) is 0 Å². The third-order valence-corrected chi connectivity index (χ3v) is 2.89. The Bertz CT molecular complexity index is 648. The van der Waals surface area contributed by atoms with Crippen molar-refractivity contribution in [2.75, 3.05) is 14.2 Å². The summed E-state index contributed by atoms with van der Waals surface area (Å²) >= 11 is 5.18. The maximum atomic E-state index is 11.6. The molecule has 0 saturated heterocycles. The highest BCUT2D eigenvalue weighted by Crippen LogP contribution is 2.23. The molecule has 1 unspecified atom stereocenters. The minimum Gasteiger partial charge on any atom is -0.479 e. The summed E-state index contributed by atoms with van der Waals surface area (Å²) in [6, 6.07) is -0.573. The molecule has 0 spiro atoms. The number of aromatic nitrogens is 4. The second kappa shape index (κ2) is 4.73. The number of aromatic amines is 1. The van der Waals surface area contributed by atoms with E-state index in [1.807, 2.05) is 0 Å². The summed E-state index contributed by atoms with van der Waals surface area (Å²) in [7, 11) is 2.83. The first-order valence-corrected chi connectivity index (χ1v) is 5.58. The molecule has 0 fully saturated rings. The number of esters is 1. The predicted molar refractivity (Wildman–Crippen MR) is 66.0 cm³/mol. The van der Waals surface area contributed by atoms with Gasteiger partial charge in [0.1, 0.15) is 17.9 Å². The quantitative estimate of drug-likeness (QED) is 0.666. The smallest absolute Gasteiger partial charge is 0.328 e. The Hall–Kier alpha value is -1.96. The fourth-order valence-electron chi connectivity index (χ4n) is 1.71. The molecule has 0 aliphatic heterocycles. The third-order valence-electron chi connectivity index (χ3n) is 2.59. The molecule has 1 N–H and O–H groups in total. The number of fused-ring (bicyclic) bond motifs is 1.